The van der Waals surface area contributed by atoms with Gasteiger partial charge in [0.25, 0.3) is 11.8 Å². The number of hydrogen-bond donors (Lipinski definition) is 0. The summed E-state index contributed by atoms with van der Waals surface area (Å²) in [7, 11) is 3.44. The minimum absolute atomic E-state index is 0.184. The Morgan fingerprint density at radius 2 is 0.932 bits per heavy atom. The van der Waals surface area contributed by atoms with Gasteiger partial charge in [-0.05, 0) is 84.9 Å². The largest absolute Gasteiger partial charge is 0.436 e. The fourth-order valence-corrected chi connectivity index (χ4v) is 5.08. The van der Waals surface area contributed by atoms with Crippen molar-refractivity contribution < 1.29 is 18.4 Å². The van der Waals surface area contributed by atoms with Gasteiger partial charge in [0.1, 0.15) is 11.0 Å². The van der Waals surface area contributed by atoms with Gasteiger partial charge in [-0.1, -0.05) is 36.4 Å². The number of fused-ring (bicyclic) bond motifs is 2. The molecule has 0 radical (unpaired) electrons. The summed E-state index contributed by atoms with van der Waals surface area (Å²) in [6.45, 7) is 0. The lowest BCUT2D eigenvalue weighted by atomic mass is 10.1. The molecule has 8 nitrogen and oxygen atoms in total. The molecule has 2 heterocycles. The van der Waals surface area contributed by atoms with E-state index in [2.05, 4.69) is 9.97 Å². The Balaban J connectivity index is 1.07. The molecule has 0 aliphatic carbocycles. The Labute approximate surface area is 252 Å². The molecule has 0 aliphatic heterocycles. The Morgan fingerprint density at radius 1 is 0.523 bits per heavy atom. The van der Waals surface area contributed by atoms with Crippen LogP contribution in [0.4, 0.5) is 11.4 Å². The smallest absolute Gasteiger partial charge is 0.258 e. The lowest BCUT2D eigenvalue weighted by Crippen LogP contribution is -2.27. The van der Waals surface area contributed by atoms with Crippen LogP contribution in [0.25, 0.3) is 45.1 Å². The van der Waals surface area contributed by atoms with Gasteiger partial charge >= 0.3 is 0 Å². The van der Waals surface area contributed by atoms with Crippen molar-refractivity contribution >= 4 is 45.4 Å². The maximum absolute atomic E-state index is 13.4. The lowest BCUT2D eigenvalue weighted by molar-refractivity contribution is 0.0984. The summed E-state index contributed by atoms with van der Waals surface area (Å²) >= 11 is 0. The molecule has 7 rings (SSSR count). The maximum Gasteiger partial charge on any atom is 0.258 e. The van der Waals surface area contributed by atoms with E-state index in [1.54, 1.807) is 48.2 Å². The molecule has 214 valence electrons. The Kier molecular flexibility index (Phi) is 6.71. The average molecular weight is 579 g/mol. The van der Waals surface area contributed by atoms with Gasteiger partial charge in [0.05, 0.1) is 0 Å². The predicted octanol–water partition coefficient (Wildman–Crippen LogP) is 7.86. The number of oxazole rings is 2. The topological polar surface area (TPSA) is 92.7 Å². The summed E-state index contributed by atoms with van der Waals surface area (Å²) in [6, 6.07) is 36.8. The van der Waals surface area contributed by atoms with Crippen LogP contribution in [0.5, 0.6) is 0 Å². The van der Waals surface area contributed by atoms with E-state index in [-0.39, 0.29) is 11.8 Å². The summed E-state index contributed by atoms with van der Waals surface area (Å²) < 4.78 is 11.8. The SMILES string of the molecule is CN(C(=O)c1cccc(-c2nc3ccccc3o2)c1)c1ccc(N(C)C(=O)c2cccc(-c3nc4ccccc4o3)c2)cc1. The third-order valence-corrected chi connectivity index (χ3v) is 7.53. The zero-order valence-corrected chi connectivity index (χ0v) is 24.0. The maximum atomic E-state index is 13.4. The number of amides is 2. The van der Waals surface area contributed by atoms with Gasteiger partial charge in [0, 0.05) is 47.7 Å². The number of aromatic nitrogens is 2. The van der Waals surface area contributed by atoms with Crippen LogP contribution in [0, 0.1) is 0 Å². The molecular weight excluding hydrogens is 552 g/mol. The van der Waals surface area contributed by atoms with Crippen molar-refractivity contribution in [1.82, 2.24) is 9.97 Å². The van der Waals surface area contributed by atoms with Gasteiger partial charge in [-0.25, -0.2) is 9.97 Å². The molecule has 0 bridgehead atoms. The molecule has 0 N–H and O–H groups in total. The first-order chi connectivity index (χ1) is 21.4. The number of benzene rings is 5. The molecular formula is C36H26N4O4. The van der Waals surface area contributed by atoms with E-state index in [0.29, 0.717) is 45.4 Å². The minimum Gasteiger partial charge on any atom is -0.436 e. The fourth-order valence-electron chi connectivity index (χ4n) is 5.08. The van der Waals surface area contributed by atoms with Crippen LogP contribution < -0.4 is 9.80 Å². The van der Waals surface area contributed by atoms with Crippen molar-refractivity contribution in [3.8, 4) is 22.9 Å². The lowest BCUT2D eigenvalue weighted by Gasteiger charge is -2.21. The zero-order valence-electron chi connectivity index (χ0n) is 24.0. The standard InChI is InChI=1S/C36H26N4O4/c1-39(35(41)25-11-7-9-23(21-25)33-37-29-13-3-5-15-31(29)43-33)27-17-19-28(20-18-27)40(2)36(42)26-12-8-10-24(22-26)34-38-30-14-4-6-16-32(30)44-34/h3-22H,1-2H3. The van der Waals surface area contributed by atoms with E-state index in [0.717, 1.165) is 22.2 Å². The molecule has 0 saturated heterocycles. The minimum atomic E-state index is -0.184. The van der Waals surface area contributed by atoms with Crippen molar-refractivity contribution in [3.05, 3.63) is 132 Å². The molecule has 5 aromatic carbocycles. The first-order valence-electron chi connectivity index (χ1n) is 14.0. The summed E-state index contributed by atoms with van der Waals surface area (Å²) in [5.74, 6) is 0.548. The second kappa shape index (κ2) is 11.0. The summed E-state index contributed by atoms with van der Waals surface area (Å²) in [5, 5.41) is 0. The van der Waals surface area contributed by atoms with Crippen molar-refractivity contribution in [2.75, 3.05) is 23.9 Å². The van der Waals surface area contributed by atoms with Gasteiger partial charge in [-0.2, -0.15) is 0 Å². The van der Waals surface area contributed by atoms with Crippen LogP contribution in [0.2, 0.25) is 0 Å². The Hall–Kier alpha value is -6.02. The van der Waals surface area contributed by atoms with E-state index >= 15 is 0 Å². The molecule has 2 amide bonds. The van der Waals surface area contributed by atoms with Crippen LogP contribution >= 0.6 is 0 Å². The number of carbonyl (C=O) groups is 2. The van der Waals surface area contributed by atoms with Crippen LogP contribution in [0.1, 0.15) is 20.7 Å². The highest BCUT2D eigenvalue weighted by molar-refractivity contribution is 6.08. The molecule has 2 aromatic heterocycles. The third kappa shape index (κ3) is 4.98. The van der Waals surface area contributed by atoms with E-state index in [4.69, 9.17) is 8.83 Å². The van der Waals surface area contributed by atoms with Gasteiger partial charge in [0.15, 0.2) is 11.2 Å². The summed E-state index contributed by atoms with van der Waals surface area (Å²) in [4.78, 5) is 39.1. The number of anilines is 2. The van der Waals surface area contributed by atoms with Gasteiger partial charge in [-0.3, -0.25) is 9.59 Å². The van der Waals surface area contributed by atoms with Crippen molar-refractivity contribution in [2.24, 2.45) is 0 Å². The molecule has 44 heavy (non-hydrogen) atoms. The molecule has 0 aliphatic rings. The van der Waals surface area contributed by atoms with Crippen LogP contribution in [-0.2, 0) is 0 Å². The number of rotatable bonds is 6. The summed E-state index contributed by atoms with van der Waals surface area (Å²) in [6.07, 6.45) is 0. The number of para-hydroxylation sites is 4. The van der Waals surface area contributed by atoms with Gasteiger partial charge in [0.2, 0.25) is 11.8 Å². The normalized spacial score (nSPS) is 11.1. The zero-order chi connectivity index (χ0) is 30.2. The first kappa shape index (κ1) is 26.9. The van der Waals surface area contributed by atoms with E-state index < -0.39 is 0 Å². The fraction of sp³-hybridized carbons (Fsp3) is 0.0556. The highest BCUT2D eigenvalue weighted by atomic mass is 16.4. The molecule has 0 unspecified atom stereocenters. The van der Waals surface area contributed by atoms with E-state index in [1.807, 2.05) is 97.1 Å². The van der Waals surface area contributed by atoms with Gasteiger partial charge < -0.3 is 18.6 Å². The molecule has 8 heteroatoms. The van der Waals surface area contributed by atoms with Gasteiger partial charge in [-0.15, -0.1) is 0 Å². The number of nitrogens with zero attached hydrogens (tertiary/aromatic N) is 4. The number of hydrogen-bond acceptors (Lipinski definition) is 6. The van der Waals surface area contributed by atoms with Crippen molar-refractivity contribution in [1.29, 1.82) is 0 Å². The molecule has 0 spiro atoms. The molecule has 7 aromatic rings. The second-order valence-electron chi connectivity index (χ2n) is 10.4. The summed E-state index contributed by atoms with van der Waals surface area (Å²) in [5.41, 5.74) is 6.71. The number of carbonyl (C=O) groups excluding carboxylic acids is 2. The molecule has 0 atom stereocenters. The van der Waals surface area contributed by atoms with E-state index in [9.17, 15) is 9.59 Å². The van der Waals surface area contributed by atoms with E-state index in [1.165, 1.54) is 0 Å². The second-order valence-corrected chi connectivity index (χ2v) is 10.4. The van der Waals surface area contributed by atoms with Crippen LogP contribution in [-0.4, -0.2) is 35.9 Å². The third-order valence-electron chi connectivity index (χ3n) is 7.53. The van der Waals surface area contributed by atoms with Crippen LogP contribution in [0.3, 0.4) is 0 Å². The highest BCUT2D eigenvalue weighted by Gasteiger charge is 2.19. The average Bonchev–Trinajstić information content (AvgIpc) is 3.72. The Bertz CT molecular complexity index is 1940. The monoisotopic (exact) mass is 578 g/mol. The highest BCUT2D eigenvalue weighted by Crippen LogP contribution is 2.28. The Morgan fingerprint density at radius 3 is 1.34 bits per heavy atom. The molecule has 0 saturated carbocycles. The van der Waals surface area contributed by atoms with Crippen molar-refractivity contribution in [2.45, 2.75) is 0 Å². The quantitative estimate of drug-likeness (QED) is 0.199. The van der Waals surface area contributed by atoms with Crippen LogP contribution in [0.15, 0.2) is 130 Å². The molecule has 0 fully saturated rings. The first-order valence-corrected chi connectivity index (χ1v) is 14.0. The predicted molar refractivity (Wildman–Crippen MR) is 171 cm³/mol. The van der Waals surface area contributed by atoms with Crippen molar-refractivity contribution in [3.63, 3.8) is 0 Å².